The first-order valence-electron chi connectivity index (χ1n) is 11.1. The second kappa shape index (κ2) is 9.38. The van der Waals surface area contributed by atoms with Gasteiger partial charge in [0.1, 0.15) is 24.2 Å². The largest absolute Gasteiger partial charge is 0.493 e. The number of allylic oxidation sites excluding steroid dienone is 1. The smallest absolute Gasteiger partial charge is 0.339 e. The van der Waals surface area contributed by atoms with Crippen molar-refractivity contribution in [3.8, 4) is 5.75 Å². The molecule has 0 bridgehead atoms. The number of nitro groups is 1. The third kappa shape index (κ3) is 4.70. The van der Waals surface area contributed by atoms with Gasteiger partial charge in [0.25, 0.3) is 5.69 Å². The van der Waals surface area contributed by atoms with E-state index in [1.54, 1.807) is 0 Å². The van der Waals surface area contributed by atoms with Gasteiger partial charge in [0.05, 0.1) is 21.4 Å². The number of ketones is 1. The molecule has 0 radical (unpaired) electrons. The summed E-state index contributed by atoms with van der Waals surface area (Å²) in [6.07, 6.45) is 1.69. The van der Waals surface area contributed by atoms with Crippen LogP contribution in [0, 0.1) is 16.0 Å². The Kier molecular flexibility index (Phi) is 6.13. The number of benzene rings is 3. The average molecular weight is 494 g/mol. The summed E-state index contributed by atoms with van der Waals surface area (Å²) in [5.74, 6) is -0.514. The van der Waals surface area contributed by atoms with Crippen LogP contribution in [-0.4, -0.2) is 28.9 Å². The molecule has 1 aliphatic heterocycles. The lowest BCUT2D eigenvalue weighted by atomic mass is 9.80. The van der Waals surface area contributed by atoms with E-state index in [0.717, 1.165) is 16.8 Å². The third-order valence-electron chi connectivity index (χ3n) is 6.28. The van der Waals surface area contributed by atoms with E-state index in [1.165, 1.54) is 18.4 Å². The van der Waals surface area contributed by atoms with E-state index in [1.807, 2.05) is 42.5 Å². The standard InChI is InChI=1S/C26H20ClNO7/c27-22-12-17(28(31)32)6-9-20(22)26(30)35-19-8-10-21-23(13-19)33-14-24(25(21)29)34-18-7-5-15-3-1-2-4-16(15)11-18/h1-7,9,11-12,14,19,21,23H,8,10,13H2. The van der Waals surface area contributed by atoms with Crippen molar-refractivity contribution in [2.75, 3.05) is 0 Å². The molecule has 3 atom stereocenters. The van der Waals surface area contributed by atoms with Gasteiger partial charge < -0.3 is 14.2 Å². The highest BCUT2D eigenvalue weighted by Crippen LogP contribution is 2.36. The summed E-state index contributed by atoms with van der Waals surface area (Å²) in [5, 5.41) is 12.9. The molecule has 1 heterocycles. The molecule has 0 saturated heterocycles. The van der Waals surface area contributed by atoms with Crippen LogP contribution in [-0.2, 0) is 14.3 Å². The first-order valence-corrected chi connectivity index (χ1v) is 11.5. The summed E-state index contributed by atoms with van der Waals surface area (Å²) in [6.45, 7) is 0. The predicted molar refractivity (Wildman–Crippen MR) is 127 cm³/mol. The number of Topliss-reactive ketones (excluding diaryl/α,β-unsaturated/α-hetero) is 1. The Labute approximate surface area is 205 Å². The Balaban J connectivity index is 1.23. The van der Waals surface area contributed by atoms with E-state index >= 15 is 0 Å². The number of hydrogen-bond donors (Lipinski definition) is 0. The van der Waals surface area contributed by atoms with Crippen molar-refractivity contribution < 1.29 is 28.7 Å². The molecule has 3 aromatic carbocycles. The number of nitro benzene ring substituents is 1. The van der Waals surface area contributed by atoms with E-state index in [0.29, 0.717) is 25.0 Å². The van der Waals surface area contributed by atoms with Crippen molar-refractivity contribution >= 4 is 39.8 Å². The van der Waals surface area contributed by atoms with Crippen LogP contribution in [0.4, 0.5) is 5.69 Å². The topological polar surface area (TPSA) is 105 Å². The maximum absolute atomic E-state index is 13.1. The molecule has 35 heavy (non-hydrogen) atoms. The van der Waals surface area contributed by atoms with Crippen LogP contribution < -0.4 is 4.74 Å². The molecular formula is C26H20ClNO7. The zero-order chi connectivity index (χ0) is 24.5. The molecule has 2 aliphatic rings. The zero-order valence-electron chi connectivity index (χ0n) is 18.4. The van der Waals surface area contributed by atoms with Crippen molar-refractivity contribution in [3.63, 3.8) is 0 Å². The van der Waals surface area contributed by atoms with Crippen LogP contribution in [0.25, 0.3) is 10.8 Å². The van der Waals surface area contributed by atoms with Crippen LogP contribution in [0.3, 0.4) is 0 Å². The summed E-state index contributed by atoms with van der Waals surface area (Å²) in [6, 6.07) is 17.1. The number of rotatable bonds is 5. The minimum absolute atomic E-state index is 0.0472. The maximum atomic E-state index is 13.1. The number of non-ortho nitro benzene ring substituents is 1. The minimum atomic E-state index is -0.675. The van der Waals surface area contributed by atoms with E-state index in [2.05, 4.69) is 0 Å². The number of halogens is 1. The van der Waals surface area contributed by atoms with Gasteiger partial charge in [0.2, 0.25) is 11.5 Å². The molecule has 3 aromatic rings. The van der Waals surface area contributed by atoms with Gasteiger partial charge in [0.15, 0.2) is 0 Å². The number of nitrogens with zero attached hydrogens (tertiary/aromatic N) is 1. The van der Waals surface area contributed by atoms with E-state index in [9.17, 15) is 19.7 Å². The lowest BCUT2D eigenvalue weighted by molar-refractivity contribution is -0.384. The van der Waals surface area contributed by atoms with Gasteiger partial charge >= 0.3 is 5.97 Å². The lowest BCUT2D eigenvalue weighted by Crippen LogP contribution is -2.43. The molecular weight excluding hydrogens is 474 g/mol. The monoisotopic (exact) mass is 493 g/mol. The number of hydrogen-bond acceptors (Lipinski definition) is 7. The number of esters is 1. The minimum Gasteiger partial charge on any atom is -0.493 e. The van der Waals surface area contributed by atoms with Crippen LogP contribution >= 0.6 is 11.6 Å². The van der Waals surface area contributed by atoms with Gasteiger partial charge in [-0.05, 0) is 41.8 Å². The number of carbonyl (C=O) groups excluding carboxylic acids is 2. The fourth-order valence-corrected chi connectivity index (χ4v) is 4.72. The van der Waals surface area contributed by atoms with Gasteiger partial charge in [-0.1, -0.05) is 41.9 Å². The highest BCUT2D eigenvalue weighted by Gasteiger charge is 2.42. The number of fused-ring (bicyclic) bond motifs is 2. The average Bonchev–Trinajstić information content (AvgIpc) is 2.85. The first kappa shape index (κ1) is 22.9. The number of ether oxygens (including phenoxy) is 3. The molecule has 1 fully saturated rings. The molecule has 178 valence electrons. The maximum Gasteiger partial charge on any atom is 0.339 e. The highest BCUT2D eigenvalue weighted by molar-refractivity contribution is 6.33. The van der Waals surface area contributed by atoms with Gasteiger partial charge in [0, 0.05) is 18.6 Å². The Morgan fingerprint density at radius 2 is 1.86 bits per heavy atom. The van der Waals surface area contributed by atoms with Crippen LogP contribution in [0.15, 0.2) is 72.7 Å². The van der Waals surface area contributed by atoms with E-state index < -0.39 is 29.0 Å². The van der Waals surface area contributed by atoms with Crippen LogP contribution in [0.5, 0.6) is 5.75 Å². The normalized spacial score (nSPS) is 21.5. The molecule has 3 unspecified atom stereocenters. The molecule has 1 aliphatic carbocycles. The summed E-state index contributed by atoms with van der Waals surface area (Å²) >= 11 is 6.03. The van der Waals surface area contributed by atoms with Crippen molar-refractivity contribution in [1.82, 2.24) is 0 Å². The Bertz CT molecular complexity index is 1370. The van der Waals surface area contributed by atoms with Crippen molar-refractivity contribution in [1.29, 1.82) is 0 Å². The van der Waals surface area contributed by atoms with Gasteiger partial charge in [-0.2, -0.15) is 0 Å². The Hall–Kier alpha value is -3.91. The molecule has 0 spiro atoms. The van der Waals surface area contributed by atoms with Crippen LogP contribution in [0.2, 0.25) is 5.02 Å². The van der Waals surface area contributed by atoms with E-state index in [-0.39, 0.29) is 27.8 Å². The molecule has 0 aromatic heterocycles. The molecule has 0 N–H and O–H groups in total. The first-order chi connectivity index (χ1) is 16.9. The van der Waals surface area contributed by atoms with Gasteiger partial charge in [-0.15, -0.1) is 0 Å². The summed E-state index contributed by atoms with van der Waals surface area (Å²) in [5.41, 5.74) is -0.166. The SMILES string of the molecule is O=C(OC1CCC2C(=O)C(Oc3ccc4ccccc4c3)=COC2C1)c1ccc([N+](=O)[O-])cc1Cl. The van der Waals surface area contributed by atoms with Gasteiger partial charge in [-0.25, -0.2) is 4.79 Å². The fourth-order valence-electron chi connectivity index (χ4n) is 4.47. The predicted octanol–water partition coefficient (Wildman–Crippen LogP) is 5.62. The molecule has 9 heteroatoms. The molecule has 0 amide bonds. The summed E-state index contributed by atoms with van der Waals surface area (Å²) in [7, 11) is 0. The highest BCUT2D eigenvalue weighted by atomic mass is 35.5. The summed E-state index contributed by atoms with van der Waals surface area (Å²) in [4.78, 5) is 35.9. The molecule has 1 saturated carbocycles. The van der Waals surface area contributed by atoms with E-state index in [4.69, 9.17) is 25.8 Å². The van der Waals surface area contributed by atoms with Crippen molar-refractivity contribution in [2.45, 2.75) is 31.5 Å². The fraction of sp³-hybridized carbons (Fsp3) is 0.231. The molecule has 5 rings (SSSR count). The van der Waals surface area contributed by atoms with Crippen LogP contribution in [0.1, 0.15) is 29.6 Å². The van der Waals surface area contributed by atoms with Crippen molar-refractivity contribution in [2.24, 2.45) is 5.92 Å². The number of carbonyl (C=O) groups is 2. The molecule has 8 nitrogen and oxygen atoms in total. The zero-order valence-corrected chi connectivity index (χ0v) is 19.1. The lowest BCUT2D eigenvalue weighted by Gasteiger charge is -2.36. The van der Waals surface area contributed by atoms with Crippen molar-refractivity contribution in [3.05, 3.63) is 93.4 Å². The second-order valence-corrected chi connectivity index (χ2v) is 8.91. The van der Waals surface area contributed by atoms with Gasteiger partial charge in [-0.3, -0.25) is 14.9 Å². The Morgan fingerprint density at radius 3 is 2.63 bits per heavy atom. The second-order valence-electron chi connectivity index (χ2n) is 8.50. The Morgan fingerprint density at radius 1 is 1.06 bits per heavy atom. The quantitative estimate of drug-likeness (QED) is 0.258. The summed E-state index contributed by atoms with van der Waals surface area (Å²) < 4.78 is 17.2. The third-order valence-corrected chi connectivity index (χ3v) is 6.59.